The molecule has 2 fully saturated rings. The van der Waals surface area contributed by atoms with Crippen molar-refractivity contribution in [3.63, 3.8) is 0 Å². The minimum atomic E-state index is 0.235. The molecule has 2 aliphatic heterocycles. The number of carbonyl (C=O) groups excluding carboxylic acids is 1. The number of carbonyl (C=O) groups is 1. The molecule has 2 saturated heterocycles. The van der Waals surface area contributed by atoms with Crippen molar-refractivity contribution in [1.29, 1.82) is 0 Å². The van der Waals surface area contributed by atoms with Gasteiger partial charge in [-0.15, -0.1) is 0 Å². The first-order valence-corrected chi connectivity index (χ1v) is 8.61. The predicted octanol–water partition coefficient (Wildman–Crippen LogP) is 0.882. The molecule has 0 aromatic heterocycles. The highest BCUT2D eigenvalue weighted by Crippen LogP contribution is 2.19. The maximum atomic E-state index is 10.2. The van der Waals surface area contributed by atoms with Crippen LogP contribution in [0.15, 0.2) is 0 Å². The maximum Gasteiger partial charge on any atom is 0.145 e. The molecule has 0 aromatic carbocycles. The fourth-order valence-corrected chi connectivity index (χ4v) is 3.42. The van der Waals surface area contributed by atoms with E-state index < -0.39 is 0 Å². The lowest BCUT2D eigenvalue weighted by atomic mass is 9.96. The van der Waals surface area contributed by atoms with Crippen LogP contribution in [0.2, 0.25) is 0 Å². The molecule has 0 unspecified atom stereocenters. The van der Waals surface area contributed by atoms with E-state index in [1.54, 1.807) is 0 Å². The fourth-order valence-electron chi connectivity index (χ4n) is 2.99. The molecule has 20 heavy (non-hydrogen) atoms. The van der Waals surface area contributed by atoms with Crippen molar-refractivity contribution >= 4 is 29.2 Å². The van der Waals surface area contributed by atoms with Gasteiger partial charge in [-0.2, -0.15) is 0 Å². The van der Waals surface area contributed by atoms with Crippen LogP contribution in [-0.2, 0) is 9.53 Å². The molecule has 0 radical (unpaired) electrons. The highest BCUT2D eigenvalue weighted by molar-refractivity contribution is 14.1. The van der Waals surface area contributed by atoms with Crippen molar-refractivity contribution < 1.29 is 9.53 Å². The molecule has 6 heteroatoms. The summed E-state index contributed by atoms with van der Waals surface area (Å²) in [4.78, 5) is 15.3. The molecule has 0 atom stereocenters. The smallest absolute Gasteiger partial charge is 0.145 e. The first-order valence-electron chi connectivity index (χ1n) is 7.64. The SMILES string of the molecule is O=CCOCCN1CCC(CN2CCN(I)CC2)CC1. The highest BCUT2D eigenvalue weighted by atomic mass is 127. The molecule has 0 aromatic rings. The summed E-state index contributed by atoms with van der Waals surface area (Å²) in [6.45, 7) is 10.4. The molecule has 0 saturated carbocycles. The number of piperazine rings is 1. The minimum absolute atomic E-state index is 0.235. The average Bonchev–Trinajstić information content (AvgIpc) is 2.48. The molecule has 2 aliphatic rings. The van der Waals surface area contributed by atoms with Gasteiger partial charge >= 0.3 is 0 Å². The van der Waals surface area contributed by atoms with Crippen LogP contribution in [0, 0.1) is 5.92 Å². The van der Waals surface area contributed by atoms with Gasteiger partial charge in [0.1, 0.15) is 12.9 Å². The molecule has 116 valence electrons. The summed E-state index contributed by atoms with van der Waals surface area (Å²) in [7, 11) is 0. The molecule has 0 amide bonds. The molecule has 2 heterocycles. The molecular formula is C14H26IN3O2. The van der Waals surface area contributed by atoms with E-state index in [1.807, 2.05) is 0 Å². The second kappa shape index (κ2) is 9.30. The van der Waals surface area contributed by atoms with Gasteiger partial charge in [0, 0.05) is 62.1 Å². The number of rotatable bonds is 7. The Bertz CT molecular complexity index is 278. The van der Waals surface area contributed by atoms with Crippen molar-refractivity contribution in [2.75, 3.05) is 65.6 Å². The number of hydrogen-bond donors (Lipinski definition) is 0. The summed E-state index contributed by atoms with van der Waals surface area (Å²) >= 11 is 2.43. The van der Waals surface area contributed by atoms with Gasteiger partial charge in [0.15, 0.2) is 0 Å². The van der Waals surface area contributed by atoms with E-state index in [9.17, 15) is 4.79 Å². The normalized spacial score (nSPS) is 24.1. The van der Waals surface area contributed by atoms with Crippen LogP contribution in [-0.4, -0.2) is 84.8 Å². The number of ether oxygens (including phenoxy) is 1. The van der Waals surface area contributed by atoms with E-state index in [0.717, 1.165) is 18.7 Å². The molecule has 5 nitrogen and oxygen atoms in total. The van der Waals surface area contributed by atoms with Gasteiger partial charge in [-0.3, -0.25) is 0 Å². The van der Waals surface area contributed by atoms with Gasteiger partial charge in [0.2, 0.25) is 0 Å². The molecule has 0 N–H and O–H groups in total. The summed E-state index contributed by atoms with van der Waals surface area (Å²) in [5.74, 6) is 0.864. The van der Waals surface area contributed by atoms with Crippen LogP contribution in [0.1, 0.15) is 12.8 Å². The monoisotopic (exact) mass is 395 g/mol. The lowest BCUT2D eigenvalue weighted by Gasteiger charge is -2.37. The second-order valence-corrected chi connectivity index (χ2v) is 7.10. The first-order chi connectivity index (χ1) is 9.78. The van der Waals surface area contributed by atoms with Crippen molar-refractivity contribution in [3.05, 3.63) is 0 Å². The second-order valence-electron chi connectivity index (χ2n) is 5.74. The van der Waals surface area contributed by atoms with E-state index in [2.05, 4.69) is 35.8 Å². The highest BCUT2D eigenvalue weighted by Gasteiger charge is 2.23. The molecule has 2 rings (SSSR count). The van der Waals surface area contributed by atoms with Crippen molar-refractivity contribution in [1.82, 2.24) is 12.9 Å². The lowest BCUT2D eigenvalue weighted by Crippen LogP contribution is -2.46. The van der Waals surface area contributed by atoms with E-state index >= 15 is 0 Å². The molecular weight excluding hydrogens is 369 g/mol. The Hall–Kier alpha value is 0.240. The van der Waals surface area contributed by atoms with Crippen molar-refractivity contribution in [3.8, 4) is 0 Å². The van der Waals surface area contributed by atoms with Gasteiger partial charge in [-0.1, -0.05) is 0 Å². The van der Waals surface area contributed by atoms with E-state index in [4.69, 9.17) is 4.74 Å². The summed E-state index contributed by atoms with van der Waals surface area (Å²) in [5.41, 5.74) is 0. The fraction of sp³-hybridized carbons (Fsp3) is 0.929. The molecule has 0 bridgehead atoms. The van der Waals surface area contributed by atoms with Gasteiger partial charge in [0.25, 0.3) is 0 Å². The van der Waals surface area contributed by atoms with Gasteiger partial charge < -0.3 is 19.3 Å². The predicted molar refractivity (Wildman–Crippen MR) is 88.1 cm³/mol. The number of hydrogen-bond acceptors (Lipinski definition) is 5. The van der Waals surface area contributed by atoms with Gasteiger partial charge in [-0.25, -0.2) is 3.11 Å². The number of nitrogens with zero attached hydrogens (tertiary/aromatic N) is 3. The van der Waals surface area contributed by atoms with Crippen LogP contribution in [0.5, 0.6) is 0 Å². The van der Waals surface area contributed by atoms with Crippen molar-refractivity contribution in [2.24, 2.45) is 5.92 Å². The number of halogens is 1. The topological polar surface area (TPSA) is 36.0 Å². The zero-order chi connectivity index (χ0) is 14.2. The molecule has 0 aliphatic carbocycles. The van der Waals surface area contributed by atoms with Crippen LogP contribution < -0.4 is 0 Å². The van der Waals surface area contributed by atoms with Gasteiger partial charge in [-0.05, 0) is 31.8 Å². The standard InChI is InChI=1S/C14H26IN3O2/c15-18-7-5-17(6-8-18)13-14-1-3-16(4-2-14)9-11-20-12-10-19/h10,14H,1-9,11-13H2. The molecule has 0 spiro atoms. The van der Waals surface area contributed by atoms with Crippen LogP contribution in [0.3, 0.4) is 0 Å². The Kier molecular flexibility index (Phi) is 7.72. The Morgan fingerprint density at radius 3 is 2.40 bits per heavy atom. The van der Waals surface area contributed by atoms with Crippen LogP contribution in [0.25, 0.3) is 0 Å². The lowest BCUT2D eigenvalue weighted by molar-refractivity contribution is -0.112. The Morgan fingerprint density at radius 2 is 1.75 bits per heavy atom. The van der Waals surface area contributed by atoms with Crippen LogP contribution in [0.4, 0.5) is 0 Å². The summed E-state index contributed by atoms with van der Waals surface area (Å²) in [6, 6.07) is 0. The Morgan fingerprint density at radius 1 is 1.05 bits per heavy atom. The number of piperidine rings is 1. The minimum Gasteiger partial charge on any atom is -0.373 e. The summed E-state index contributed by atoms with van der Waals surface area (Å²) in [6.07, 6.45) is 3.43. The summed E-state index contributed by atoms with van der Waals surface area (Å²) in [5, 5.41) is 0. The Labute approximate surface area is 136 Å². The quantitative estimate of drug-likeness (QED) is 0.277. The first kappa shape index (κ1) is 16.6. The van der Waals surface area contributed by atoms with Crippen molar-refractivity contribution in [2.45, 2.75) is 12.8 Å². The third kappa shape index (κ3) is 5.93. The summed E-state index contributed by atoms with van der Waals surface area (Å²) < 4.78 is 7.61. The third-order valence-electron chi connectivity index (χ3n) is 4.28. The van der Waals surface area contributed by atoms with Gasteiger partial charge in [0.05, 0.1) is 6.61 Å². The largest absolute Gasteiger partial charge is 0.373 e. The zero-order valence-electron chi connectivity index (χ0n) is 12.2. The Balaban J connectivity index is 1.56. The van der Waals surface area contributed by atoms with E-state index in [1.165, 1.54) is 58.7 Å². The third-order valence-corrected chi connectivity index (χ3v) is 5.24. The van der Waals surface area contributed by atoms with E-state index in [-0.39, 0.29) is 6.61 Å². The zero-order valence-corrected chi connectivity index (χ0v) is 14.3. The van der Waals surface area contributed by atoms with Crippen LogP contribution >= 0.6 is 22.9 Å². The number of likely N-dealkylation sites (tertiary alicyclic amines) is 1. The average molecular weight is 395 g/mol. The van der Waals surface area contributed by atoms with E-state index in [0.29, 0.717) is 6.61 Å². The maximum absolute atomic E-state index is 10.2. The number of aldehydes is 1.